The van der Waals surface area contributed by atoms with Gasteiger partial charge in [0.05, 0.1) is 6.54 Å². The van der Waals surface area contributed by atoms with Gasteiger partial charge in [0.1, 0.15) is 0 Å². The molecule has 1 fully saturated rings. The zero-order chi connectivity index (χ0) is 9.90. The summed E-state index contributed by atoms with van der Waals surface area (Å²) >= 11 is 0. The molecule has 13 heavy (non-hydrogen) atoms. The first kappa shape index (κ1) is 10.4. The Morgan fingerprint density at radius 2 is 2.00 bits per heavy atom. The molecule has 1 aliphatic heterocycles. The summed E-state index contributed by atoms with van der Waals surface area (Å²) in [6.45, 7) is 0.841. The molecule has 1 heterocycles. The maximum Gasteiger partial charge on any atom is 0.250 e. The fourth-order valence-electron chi connectivity index (χ4n) is 1.32. The first-order chi connectivity index (χ1) is 6.03. The molecular weight excluding hydrogens is 178 g/mol. The van der Waals surface area contributed by atoms with Crippen molar-refractivity contribution in [2.75, 3.05) is 26.7 Å². The van der Waals surface area contributed by atoms with E-state index in [0.29, 0.717) is 13.1 Å². The van der Waals surface area contributed by atoms with Crippen molar-refractivity contribution in [1.29, 1.82) is 0 Å². The summed E-state index contributed by atoms with van der Waals surface area (Å²) < 4.78 is 25.3. The van der Waals surface area contributed by atoms with Crippen LogP contribution < -0.4 is 5.32 Å². The second-order valence-corrected chi connectivity index (χ2v) is 3.31. The largest absolute Gasteiger partial charge is 0.358 e. The van der Waals surface area contributed by atoms with Gasteiger partial charge in [-0.05, 0) is 0 Å². The molecule has 0 bridgehead atoms. The summed E-state index contributed by atoms with van der Waals surface area (Å²) in [5, 5.41) is 2.46. The molecule has 5 heteroatoms. The quantitative estimate of drug-likeness (QED) is 0.689. The maximum absolute atomic E-state index is 12.7. The van der Waals surface area contributed by atoms with Crippen molar-refractivity contribution < 1.29 is 13.6 Å². The molecular formula is C8H14F2N2O. The van der Waals surface area contributed by atoms with E-state index in [1.165, 1.54) is 0 Å². The van der Waals surface area contributed by atoms with Crippen LogP contribution in [0.4, 0.5) is 8.78 Å². The highest BCUT2D eigenvalue weighted by Crippen LogP contribution is 2.27. The van der Waals surface area contributed by atoms with Crippen LogP contribution in [0.2, 0.25) is 0 Å². The predicted octanol–water partition coefficient (Wildman–Crippen LogP) is 0.463. The molecule has 0 aromatic rings. The van der Waals surface area contributed by atoms with Crippen LogP contribution in [0.15, 0.2) is 0 Å². The van der Waals surface area contributed by atoms with Gasteiger partial charge < -0.3 is 5.32 Å². The number of nitrogens with zero attached hydrogens (tertiary/aromatic N) is 1. The lowest BCUT2D eigenvalue weighted by atomic mass is 10.1. The second-order valence-electron chi connectivity index (χ2n) is 3.31. The summed E-state index contributed by atoms with van der Waals surface area (Å²) in [5.41, 5.74) is 0. The van der Waals surface area contributed by atoms with Crippen LogP contribution >= 0.6 is 0 Å². The van der Waals surface area contributed by atoms with Gasteiger partial charge in [-0.15, -0.1) is 0 Å². The summed E-state index contributed by atoms with van der Waals surface area (Å²) in [6.07, 6.45) is -0.270. The van der Waals surface area contributed by atoms with Gasteiger partial charge in [-0.3, -0.25) is 9.69 Å². The Bertz CT molecular complexity index is 187. The maximum atomic E-state index is 12.7. The molecule has 1 N–H and O–H groups in total. The fourth-order valence-corrected chi connectivity index (χ4v) is 1.32. The van der Waals surface area contributed by atoms with Gasteiger partial charge in [0.2, 0.25) is 5.91 Å². The molecule has 0 aromatic carbocycles. The Hall–Kier alpha value is -0.710. The molecule has 76 valence electrons. The van der Waals surface area contributed by atoms with E-state index in [1.807, 2.05) is 0 Å². The molecule has 0 saturated carbocycles. The molecule has 0 radical (unpaired) electrons. The zero-order valence-electron chi connectivity index (χ0n) is 7.65. The zero-order valence-corrected chi connectivity index (χ0v) is 7.65. The number of piperidine rings is 1. The third-order valence-corrected chi connectivity index (χ3v) is 2.23. The lowest BCUT2D eigenvalue weighted by molar-refractivity contribution is -0.123. The number of halogens is 2. The molecule has 1 saturated heterocycles. The summed E-state index contributed by atoms with van der Waals surface area (Å²) in [7, 11) is 1.54. The highest BCUT2D eigenvalue weighted by molar-refractivity contribution is 5.77. The van der Waals surface area contributed by atoms with Crippen LogP contribution in [-0.4, -0.2) is 43.4 Å². The van der Waals surface area contributed by atoms with E-state index >= 15 is 0 Å². The third kappa shape index (κ3) is 3.26. The van der Waals surface area contributed by atoms with Crippen molar-refractivity contribution in [2.24, 2.45) is 0 Å². The normalized spacial score (nSPS) is 22.7. The summed E-state index contributed by atoms with van der Waals surface area (Å²) in [5.74, 6) is -2.65. The fraction of sp³-hybridized carbons (Fsp3) is 0.875. The number of nitrogens with one attached hydrogen (secondary N) is 1. The summed E-state index contributed by atoms with van der Waals surface area (Å²) in [4.78, 5) is 12.6. The molecule has 1 amide bonds. The van der Waals surface area contributed by atoms with Gasteiger partial charge in [0.15, 0.2) is 0 Å². The molecule has 0 aliphatic carbocycles. The average molecular weight is 192 g/mol. The number of likely N-dealkylation sites (tertiary alicyclic amines) is 1. The topological polar surface area (TPSA) is 32.3 Å². The lowest BCUT2D eigenvalue weighted by Crippen LogP contribution is -2.43. The van der Waals surface area contributed by atoms with E-state index < -0.39 is 5.92 Å². The molecule has 0 atom stereocenters. The number of hydrogen-bond donors (Lipinski definition) is 1. The number of carbonyl (C=O) groups is 1. The van der Waals surface area contributed by atoms with Crippen LogP contribution in [0.3, 0.4) is 0 Å². The smallest absolute Gasteiger partial charge is 0.250 e. The van der Waals surface area contributed by atoms with Crippen molar-refractivity contribution in [2.45, 2.75) is 18.8 Å². The number of likely N-dealkylation sites (N-methyl/N-ethyl adjacent to an activating group) is 1. The van der Waals surface area contributed by atoms with Crippen molar-refractivity contribution in [3.63, 3.8) is 0 Å². The average Bonchev–Trinajstić information content (AvgIpc) is 2.08. The van der Waals surface area contributed by atoms with E-state index in [1.54, 1.807) is 11.9 Å². The van der Waals surface area contributed by atoms with Crippen LogP contribution in [0.25, 0.3) is 0 Å². The number of alkyl halides is 2. The van der Waals surface area contributed by atoms with E-state index in [0.717, 1.165) is 0 Å². The Kier molecular flexibility index (Phi) is 3.19. The highest BCUT2D eigenvalue weighted by atomic mass is 19.3. The predicted molar refractivity (Wildman–Crippen MR) is 44.7 cm³/mol. The molecule has 1 aliphatic rings. The Balaban J connectivity index is 2.29. The number of carbonyl (C=O) groups excluding carboxylic acids is 1. The second kappa shape index (κ2) is 4.00. The van der Waals surface area contributed by atoms with Crippen LogP contribution in [0.5, 0.6) is 0 Å². The minimum absolute atomic E-state index is 0.120. The van der Waals surface area contributed by atoms with Gasteiger partial charge in [0.25, 0.3) is 5.92 Å². The standard InChI is InChI=1S/C8H14F2N2O/c1-11-7(13)6-12-4-2-8(9,10)3-5-12/h2-6H2,1H3,(H,11,13). The van der Waals surface area contributed by atoms with Gasteiger partial charge in [-0.1, -0.05) is 0 Å². The number of rotatable bonds is 2. The van der Waals surface area contributed by atoms with Crippen molar-refractivity contribution in [3.05, 3.63) is 0 Å². The number of amides is 1. The van der Waals surface area contributed by atoms with E-state index in [9.17, 15) is 13.6 Å². The summed E-state index contributed by atoms with van der Waals surface area (Å²) in [6, 6.07) is 0. The van der Waals surface area contributed by atoms with Crippen molar-refractivity contribution in [1.82, 2.24) is 10.2 Å². The molecule has 3 nitrogen and oxygen atoms in total. The van der Waals surface area contributed by atoms with E-state index in [-0.39, 0.29) is 25.3 Å². The molecule has 1 rings (SSSR count). The first-order valence-electron chi connectivity index (χ1n) is 4.34. The Labute approximate surface area is 76.1 Å². The van der Waals surface area contributed by atoms with Crippen molar-refractivity contribution >= 4 is 5.91 Å². The van der Waals surface area contributed by atoms with E-state index in [2.05, 4.69) is 5.32 Å². The third-order valence-electron chi connectivity index (χ3n) is 2.23. The highest BCUT2D eigenvalue weighted by Gasteiger charge is 2.34. The Morgan fingerprint density at radius 3 is 2.46 bits per heavy atom. The SMILES string of the molecule is CNC(=O)CN1CCC(F)(F)CC1. The first-order valence-corrected chi connectivity index (χ1v) is 4.34. The van der Waals surface area contributed by atoms with Crippen LogP contribution in [0.1, 0.15) is 12.8 Å². The molecule has 0 unspecified atom stereocenters. The number of hydrogen-bond acceptors (Lipinski definition) is 2. The van der Waals surface area contributed by atoms with Gasteiger partial charge >= 0.3 is 0 Å². The van der Waals surface area contributed by atoms with Gasteiger partial charge in [-0.25, -0.2) is 8.78 Å². The minimum Gasteiger partial charge on any atom is -0.358 e. The van der Waals surface area contributed by atoms with Crippen LogP contribution in [0, 0.1) is 0 Å². The monoisotopic (exact) mass is 192 g/mol. The van der Waals surface area contributed by atoms with Gasteiger partial charge in [-0.2, -0.15) is 0 Å². The minimum atomic E-state index is -2.53. The lowest BCUT2D eigenvalue weighted by Gasteiger charge is -2.30. The van der Waals surface area contributed by atoms with Gasteiger partial charge in [0, 0.05) is 33.0 Å². The van der Waals surface area contributed by atoms with Crippen molar-refractivity contribution in [3.8, 4) is 0 Å². The Morgan fingerprint density at radius 1 is 1.46 bits per heavy atom. The van der Waals surface area contributed by atoms with E-state index in [4.69, 9.17) is 0 Å². The molecule has 0 spiro atoms. The molecule has 0 aromatic heterocycles. The van der Waals surface area contributed by atoms with Crippen LogP contribution in [-0.2, 0) is 4.79 Å².